The zero-order chi connectivity index (χ0) is 11.4. The molecule has 0 rings (SSSR count). The molecule has 0 bridgehead atoms. The molecule has 0 aromatic carbocycles. The number of carbonyl (C=O) groups excluding carboxylic acids is 1. The Labute approximate surface area is 83.2 Å². The van der Waals surface area contributed by atoms with Gasteiger partial charge >= 0.3 is 12.0 Å². The number of hydrazine groups is 1. The molecule has 6 nitrogen and oxygen atoms in total. The van der Waals surface area contributed by atoms with Crippen LogP contribution in [0.1, 0.15) is 13.8 Å². The van der Waals surface area contributed by atoms with Crippen molar-refractivity contribution >= 4 is 12.0 Å². The Morgan fingerprint density at radius 3 is 2.21 bits per heavy atom. The number of hydrogen-bond acceptors (Lipinski definition) is 3. The van der Waals surface area contributed by atoms with E-state index in [0.29, 0.717) is 0 Å². The topological polar surface area (TPSA) is 81.7 Å². The Morgan fingerprint density at radius 2 is 1.86 bits per heavy atom. The summed E-state index contributed by atoms with van der Waals surface area (Å²) < 4.78 is 0. The maximum absolute atomic E-state index is 11.1. The standard InChI is InChI=1S/C8H17N3O3/c1-8(2,6(12)13)5-9-7(14)10-11(3)4/h5H2,1-4H3,(H,12,13)(H2,9,10,14). The van der Waals surface area contributed by atoms with E-state index in [9.17, 15) is 9.59 Å². The lowest BCUT2D eigenvalue weighted by Gasteiger charge is -2.20. The zero-order valence-corrected chi connectivity index (χ0v) is 8.92. The number of amides is 2. The average molecular weight is 203 g/mol. The van der Waals surface area contributed by atoms with E-state index in [2.05, 4.69) is 10.7 Å². The fourth-order valence-electron chi connectivity index (χ4n) is 0.619. The summed E-state index contributed by atoms with van der Waals surface area (Å²) in [6.45, 7) is 3.18. The Kier molecular flexibility index (Phi) is 4.36. The van der Waals surface area contributed by atoms with Gasteiger partial charge in [0.15, 0.2) is 0 Å². The summed E-state index contributed by atoms with van der Waals surface area (Å²) in [5.41, 5.74) is 1.49. The van der Waals surface area contributed by atoms with Crippen LogP contribution in [-0.4, -0.2) is 42.8 Å². The number of nitrogens with zero attached hydrogens (tertiary/aromatic N) is 1. The van der Waals surface area contributed by atoms with E-state index in [1.165, 1.54) is 5.01 Å². The molecule has 0 radical (unpaired) electrons. The minimum Gasteiger partial charge on any atom is -0.481 e. The highest BCUT2D eigenvalue weighted by Gasteiger charge is 2.27. The van der Waals surface area contributed by atoms with Gasteiger partial charge in [0.05, 0.1) is 5.41 Å². The van der Waals surface area contributed by atoms with Crippen molar-refractivity contribution in [2.45, 2.75) is 13.8 Å². The van der Waals surface area contributed by atoms with Gasteiger partial charge in [-0.2, -0.15) is 0 Å². The second kappa shape index (κ2) is 4.80. The van der Waals surface area contributed by atoms with Gasteiger partial charge in [-0.25, -0.2) is 9.80 Å². The van der Waals surface area contributed by atoms with Gasteiger partial charge in [-0.1, -0.05) is 0 Å². The molecule has 14 heavy (non-hydrogen) atoms. The number of rotatable bonds is 4. The van der Waals surface area contributed by atoms with Crippen molar-refractivity contribution in [3.05, 3.63) is 0 Å². The van der Waals surface area contributed by atoms with E-state index in [1.54, 1.807) is 27.9 Å². The maximum atomic E-state index is 11.1. The van der Waals surface area contributed by atoms with E-state index >= 15 is 0 Å². The SMILES string of the molecule is CN(C)NC(=O)NCC(C)(C)C(=O)O. The third-order valence-electron chi connectivity index (χ3n) is 1.59. The molecule has 0 heterocycles. The largest absolute Gasteiger partial charge is 0.481 e. The highest BCUT2D eigenvalue weighted by Crippen LogP contribution is 2.12. The minimum absolute atomic E-state index is 0.0853. The van der Waals surface area contributed by atoms with Crippen LogP contribution >= 0.6 is 0 Å². The molecule has 6 heteroatoms. The van der Waals surface area contributed by atoms with Crippen molar-refractivity contribution < 1.29 is 14.7 Å². The fourth-order valence-corrected chi connectivity index (χ4v) is 0.619. The summed E-state index contributed by atoms with van der Waals surface area (Å²) in [5.74, 6) is -0.942. The molecule has 2 amide bonds. The Balaban J connectivity index is 3.94. The molecule has 0 aliphatic rings. The van der Waals surface area contributed by atoms with Crippen LogP contribution in [0.3, 0.4) is 0 Å². The molecule has 82 valence electrons. The molecule has 0 aliphatic carbocycles. The number of urea groups is 1. The first-order chi connectivity index (χ1) is 6.25. The third kappa shape index (κ3) is 4.66. The van der Waals surface area contributed by atoms with Gasteiger partial charge in [-0.15, -0.1) is 0 Å². The molecular formula is C8H17N3O3. The maximum Gasteiger partial charge on any atom is 0.329 e. The van der Waals surface area contributed by atoms with Crippen molar-refractivity contribution in [1.82, 2.24) is 15.8 Å². The number of hydrogen-bond donors (Lipinski definition) is 3. The van der Waals surface area contributed by atoms with E-state index in [0.717, 1.165) is 0 Å². The highest BCUT2D eigenvalue weighted by atomic mass is 16.4. The molecule has 0 aromatic heterocycles. The lowest BCUT2D eigenvalue weighted by atomic mass is 9.94. The molecular weight excluding hydrogens is 186 g/mol. The Morgan fingerprint density at radius 1 is 1.36 bits per heavy atom. The second-order valence-corrected chi connectivity index (χ2v) is 3.88. The summed E-state index contributed by atoms with van der Waals surface area (Å²) in [5, 5.41) is 12.7. The van der Waals surface area contributed by atoms with Gasteiger partial charge in [0.1, 0.15) is 0 Å². The number of carbonyl (C=O) groups is 2. The molecule has 0 saturated heterocycles. The van der Waals surface area contributed by atoms with Crippen LogP contribution in [0, 0.1) is 5.41 Å². The summed E-state index contributed by atoms with van der Waals surface area (Å²) in [4.78, 5) is 21.7. The van der Waals surface area contributed by atoms with E-state index in [4.69, 9.17) is 5.11 Å². The fraction of sp³-hybridized carbons (Fsp3) is 0.750. The first kappa shape index (κ1) is 12.7. The first-order valence-electron chi connectivity index (χ1n) is 4.21. The quantitative estimate of drug-likeness (QED) is 0.556. The molecule has 0 saturated carbocycles. The monoisotopic (exact) mass is 203 g/mol. The van der Waals surface area contributed by atoms with Gasteiger partial charge in [0.2, 0.25) is 0 Å². The molecule has 0 spiro atoms. The van der Waals surface area contributed by atoms with E-state index in [-0.39, 0.29) is 6.54 Å². The predicted octanol–water partition coefficient (Wildman–Crippen LogP) is -0.127. The van der Waals surface area contributed by atoms with Crippen LogP contribution < -0.4 is 10.7 Å². The van der Waals surface area contributed by atoms with E-state index < -0.39 is 17.4 Å². The van der Waals surface area contributed by atoms with E-state index in [1.807, 2.05) is 0 Å². The van der Waals surface area contributed by atoms with Gasteiger partial charge in [-0.05, 0) is 13.8 Å². The predicted molar refractivity (Wildman–Crippen MR) is 51.6 cm³/mol. The van der Waals surface area contributed by atoms with Crippen molar-refractivity contribution in [2.75, 3.05) is 20.6 Å². The summed E-state index contributed by atoms with van der Waals surface area (Å²) in [6.07, 6.45) is 0. The second-order valence-electron chi connectivity index (χ2n) is 3.88. The molecule has 0 atom stereocenters. The average Bonchev–Trinajstić information content (AvgIpc) is 1.99. The van der Waals surface area contributed by atoms with Crippen LogP contribution in [0.4, 0.5) is 4.79 Å². The first-order valence-corrected chi connectivity index (χ1v) is 4.21. The smallest absolute Gasteiger partial charge is 0.329 e. The van der Waals surface area contributed by atoms with Crippen molar-refractivity contribution in [1.29, 1.82) is 0 Å². The lowest BCUT2D eigenvalue weighted by molar-refractivity contribution is -0.146. The minimum atomic E-state index is -0.955. The number of carboxylic acid groups (broad SMARTS) is 1. The van der Waals surface area contributed by atoms with Crippen LogP contribution in [0.15, 0.2) is 0 Å². The number of aliphatic carboxylic acids is 1. The third-order valence-corrected chi connectivity index (χ3v) is 1.59. The highest BCUT2D eigenvalue weighted by molar-refractivity contribution is 5.77. The summed E-state index contributed by atoms with van der Waals surface area (Å²) in [7, 11) is 3.34. The van der Waals surface area contributed by atoms with Gasteiger partial charge < -0.3 is 10.4 Å². The molecule has 0 aromatic rings. The molecule has 3 N–H and O–H groups in total. The zero-order valence-electron chi connectivity index (χ0n) is 8.92. The molecule has 0 aliphatic heterocycles. The summed E-state index contributed by atoms with van der Waals surface area (Å²) in [6, 6.07) is -0.413. The van der Waals surface area contributed by atoms with Crippen molar-refractivity contribution in [3.8, 4) is 0 Å². The van der Waals surface area contributed by atoms with Gasteiger partial charge in [0, 0.05) is 20.6 Å². The van der Waals surface area contributed by atoms with Gasteiger partial charge in [0.25, 0.3) is 0 Å². The Bertz CT molecular complexity index is 226. The Hall–Kier alpha value is -1.30. The van der Waals surface area contributed by atoms with Crippen molar-refractivity contribution in [3.63, 3.8) is 0 Å². The van der Waals surface area contributed by atoms with Crippen LogP contribution in [-0.2, 0) is 4.79 Å². The normalized spacial score (nSPS) is 11.2. The lowest BCUT2D eigenvalue weighted by Crippen LogP contribution is -2.47. The molecule has 0 fully saturated rings. The van der Waals surface area contributed by atoms with Crippen LogP contribution in [0.5, 0.6) is 0 Å². The van der Waals surface area contributed by atoms with Crippen molar-refractivity contribution in [2.24, 2.45) is 5.41 Å². The summed E-state index contributed by atoms with van der Waals surface area (Å²) >= 11 is 0. The molecule has 0 unspecified atom stereocenters. The van der Waals surface area contributed by atoms with Gasteiger partial charge in [-0.3, -0.25) is 10.2 Å². The van der Waals surface area contributed by atoms with Crippen LogP contribution in [0.2, 0.25) is 0 Å². The number of nitrogens with one attached hydrogen (secondary N) is 2. The number of carboxylic acids is 1. The van der Waals surface area contributed by atoms with Crippen LogP contribution in [0.25, 0.3) is 0 Å².